The molecule has 6 rings (SSSR count). The van der Waals surface area contributed by atoms with E-state index >= 15 is 0 Å². The van der Waals surface area contributed by atoms with Gasteiger partial charge in [0.15, 0.2) is 15.9 Å². The largest absolute Gasteiger partial charge is 0.503 e. The highest BCUT2D eigenvalue weighted by molar-refractivity contribution is 8.00. The van der Waals surface area contributed by atoms with Crippen molar-refractivity contribution in [2.24, 2.45) is 0 Å². The summed E-state index contributed by atoms with van der Waals surface area (Å²) in [6, 6.07) is 21.1. The molecule has 5 aromatic rings. The van der Waals surface area contributed by atoms with E-state index in [1.54, 1.807) is 60.7 Å². The number of para-hydroxylation sites is 1. The van der Waals surface area contributed by atoms with Crippen molar-refractivity contribution in [3.05, 3.63) is 113 Å². The number of thioether (sulfide) groups is 1. The number of benzene rings is 3. The number of anilines is 1. The summed E-state index contributed by atoms with van der Waals surface area (Å²) in [6.45, 7) is 2.34. The zero-order chi connectivity index (χ0) is 28.5. The van der Waals surface area contributed by atoms with Gasteiger partial charge in [0.2, 0.25) is 10.9 Å². The lowest BCUT2D eigenvalue weighted by atomic mass is 9.95. The molecular formula is C30H22FN3O5S2. The molecule has 0 spiro atoms. The third-order valence-corrected chi connectivity index (χ3v) is 8.62. The molecule has 3 heterocycles. The van der Waals surface area contributed by atoms with E-state index in [1.165, 1.54) is 22.7 Å². The van der Waals surface area contributed by atoms with E-state index < -0.39 is 23.5 Å². The number of fused-ring (bicyclic) bond motifs is 1. The molecule has 41 heavy (non-hydrogen) atoms. The predicted molar refractivity (Wildman–Crippen MR) is 154 cm³/mol. The van der Waals surface area contributed by atoms with Crippen LogP contribution in [0.1, 0.15) is 34.6 Å². The highest BCUT2D eigenvalue weighted by Crippen LogP contribution is 2.44. The summed E-state index contributed by atoms with van der Waals surface area (Å²) in [4.78, 5) is 28.6. The van der Waals surface area contributed by atoms with E-state index in [2.05, 4.69) is 10.2 Å². The van der Waals surface area contributed by atoms with Crippen LogP contribution in [-0.2, 0) is 10.5 Å². The number of nitrogens with zero attached hydrogens (tertiary/aromatic N) is 3. The fourth-order valence-electron chi connectivity index (χ4n) is 4.60. The summed E-state index contributed by atoms with van der Waals surface area (Å²) in [5, 5.41) is 20.4. The first-order valence-electron chi connectivity index (χ1n) is 12.7. The van der Waals surface area contributed by atoms with E-state index in [9.17, 15) is 19.1 Å². The molecule has 1 amide bonds. The molecule has 1 unspecified atom stereocenters. The Bertz CT molecular complexity index is 1760. The molecule has 0 radical (unpaired) electrons. The fourth-order valence-corrected chi connectivity index (χ4v) is 6.46. The number of aliphatic hydroxyl groups excluding tert-OH is 1. The molecule has 2 aromatic heterocycles. The average molecular weight is 588 g/mol. The Balaban J connectivity index is 1.36. The minimum absolute atomic E-state index is 0.00303. The van der Waals surface area contributed by atoms with Crippen LogP contribution in [0.15, 0.2) is 99.0 Å². The standard InChI is InChI=1S/C30H22FN3O5S2/c1-2-38-20-13-11-17(12-14-20)25-24(26(35)23-15-18-7-4-6-10-22(18)39-23)27(36)28(37)34(25)29-32-33-30(41-29)40-16-19-8-3-5-9-21(19)31/h3-15,25,36H,2,16H2,1H3. The quantitative estimate of drug-likeness (QED) is 0.113. The first-order chi connectivity index (χ1) is 19.9. The number of hydrogen-bond acceptors (Lipinski definition) is 9. The van der Waals surface area contributed by atoms with E-state index in [0.29, 0.717) is 39.2 Å². The molecule has 8 nitrogen and oxygen atoms in total. The Hall–Kier alpha value is -4.48. The number of amides is 1. The van der Waals surface area contributed by atoms with E-state index in [-0.39, 0.29) is 22.3 Å². The van der Waals surface area contributed by atoms with Gasteiger partial charge in [0.25, 0.3) is 5.91 Å². The topological polar surface area (TPSA) is 106 Å². The maximum absolute atomic E-state index is 14.1. The molecule has 206 valence electrons. The van der Waals surface area contributed by atoms with Gasteiger partial charge in [0.1, 0.15) is 17.1 Å². The van der Waals surface area contributed by atoms with Crippen molar-refractivity contribution >= 4 is 50.9 Å². The van der Waals surface area contributed by atoms with E-state index in [1.807, 2.05) is 19.1 Å². The van der Waals surface area contributed by atoms with Crippen LogP contribution < -0.4 is 9.64 Å². The van der Waals surface area contributed by atoms with Crippen molar-refractivity contribution < 1.29 is 28.2 Å². The summed E-state index contributed by atoms with van der Waals surface area (Å²) in [6.07, 6.45) is 0. The van der Waals surface area contributed by atoms with Crippen LogP contribution in [0.2, 0.25) is 0 Å². The molecule has 1 aliphatic heterocycles. The Morgan fingerprint density at radius 2 is 1.85 bits per heavy atom. The van der Waals surface area contributed by atoms with Crippen molar-refractivity contribution in [3.8, 4) is 5.75 Å². The highest BCUT2D eigenvalue weighted by Gasteiger charge is 2.46. The number of halogens is 1. The van der Waals surface area contributed by atoms with Gasteiger partial charge in [-0.2, -0.15) is 0 Å². The second-order valence-corrected chi connectivity index (χ2v) is 11.2. The molecular weight excluding hydrogens is 565 g/mol. The van der Waals surface area contributed by atoms with Crippen molar-refractivity contribution in [2.45, 2.75) is 23.1 Å². The third-order valence-electron chi connectivity index (χ3n) is 6.52. The summed E-state index contributed by atoms with van der Waals surface area (Å²) >= 11 is 2.38. The third kappa shape index (κ3) is 5.09. The van der Waals surface area contributed by atoms with Crippen LogP contribution in [0, 0.1) is 5.82 Å². The van der Waals surface area contributed by atoms with Gasteiger partial charge in [-0.1, -0.05) is 71.6 Å². The monoisotopic (exact) mass is 587 g/mol. The molecule has 0 aliphatic carbocycles. The Morgan fingerprint density at radius 1 is 1.10 bits per heavy atom. The fraction of sp³-hybridized carbons (Fsp3) is 0.133. The number of aromatic nitrogens is 2. The van der Waals surface area contributed by atoms with Crippen molar-refractivity contribution in [1.29, 1.82) is 0 Å². The molecule has 3 aromatic carbocycles. The number of furan rings is 1. The SMILES string of the molecule is CCOc1ccc(C2C(C(=O)c3cc4ccccc4o3)=C(O)C(=O)N2c2nnc(SCc3ccccc3F)s2)cc1. The molecule has 1 atom stereocenters. The van der Waals surface area contributed by atoms with Crippen molar-refractivity contribution in [2.75, 3.05) is 11.5 Å². The first-order valence-corrected chi connectivity index (χ1v) is 14.5. The number of aliphatic hydroxyl groups is 1. The van der Waals surface area contributed by atoms with Gasteiger partial charge >= 0.3 is 0 Å². The summed E-state index contributed by atoms with van der Waals surface area (Å²) in [5.74, 6) is -1.48. The normalized spacial score (nSPS) is 15.2. The van der Waals surface area contributed by atoms with Crippen LogP contribution in [0.5, 0.6) is 5.75 Å². The number of Topliss-reactive ketones (excluding diaryl/α,β-unsaturated/α-hetero) is 1. The van der Waals surface area contributed by atoms with Gasteiger partial charge in [-0.15, -0.1) is 10.2 Å². The molecule has 0 fully saturated rings. The van der Waals surface area contributed by atoms with E-state index in [0.717, 1.165) is 16.7 Å². The zero-order valence-corrected chi connectivity index (χ0v) is 23.2. The predicted octanol–water partition coefficient (Wildman–Crippen LogP) is 6.90. The summed E-state index contributed by atoms with van der Waals surface area (Å²) in [7, 11) is 0. The number of ether oxygens (including phenoxy) is 1. The highest BCUT2D eigenvalue weighted by atomic mass is 32.2. The minimum atomic E-state index is -1.00. The second kappa shape index (κ2) is 11.2. The van der Waals surface area contributed by atoms with E-state index in [4.69, 9.17) is 9.15 Å². The average Bonchev–Trinajstić information content (AvgIpc) is 3.69. The van der Waals surface area contributed by atoms with Crippen LogP contribution in [0.4, 0.5) is 9.52 Å². The van der Waals surface area contributed by atoms with Crippen LogP contribution in [0.25, 0.3) is 11.0 Å². The molecule has 0 saturated heterocycles. The number of hydrogen-bond donors (Lipinski definition) is 1. The minimum Gasteiger partial charge on any atom is -0.503 e. The smallest absolute Gasteiger partial charge is 0.296 e. The molecule has 1 N–H and O–H groups in total. The maximum Gasteiger partial charge on any atom is 0.296 e. The van der Waals surface area contributed by atoms with Crippen molar-refractivity contribution in [1.82, 2.24) is 10.2 Å². The number of carbonyl (C=O) groups is 2. The molecule has 11 heteroatoms. The lowest BCUT2D eigenvalue weighted by Crippen LogP contribution is -2.31. The Labute approximate surface area is 242 Å². The van der Waals surface area contributed by atoms with Crippen LogP contribution in [0.3, 0.4) is 0 Å². The summed E-state index contributed by atoms with van der Waals surface area (Å²) < 4.78 is 25.9. The molecule has 0 saturated carbocycles. The van der Waals surface area contributed by atoms with Gasteiger partial charge in [0.05, 0.1) is 18.2 Å². The van der Waals surface area contributed by atoms with Gasteiger partial charge in [-0.05, 0) is 48.4 Å². The Kier molecular flexibility index (Phi) is 7.29. The van der Waals surface area contributed by atoms with Crippen molar-refractivity contribution in [3.63, 3.8) is 0 Å². The zero-order valence-electron chi connectivity index (χ0n) is 21.6. The Morgan fingerprint density at radius 3 is 2.61 bits per heavy atom. The summed E-state index contributed by atoms with van der Waals surface area (Å²) in [5.41, 5.74) is 1.45. The van der Waals surface area contributed by atoms with Gasteiger partial charge in [0, 0.05) is 11.1 Å². The van der Waals surface area contributed by atoms with Gasteiger partial charge in [-0.25, -0.2) is 4.39 Å². The number of ketones is 1. The first kappa shape index (κ1) is 26.7. The molecule has 1 aliphatic rings. The van der Waals surface area contributed by atoms with Gasteiger partial charge in [-0.3, -0.25) is 14.5 Å². The number of carbonyl (C=O) groups excluding carboxylic acids is 2. The van der Waals surface area contributed by atoms with Crippen LogP contribution in [-0.4, -0.2) is 33.6 Å². The van der Waals surface area contributed by atoms with Crippen LogP contribution >= 0.6 is 23.1 Å². The second-order valence-electron chi connectivity index (χ2n) is 9.05. The lowest BCUT2D eigenvalue weighted by Gasteiger charge is -2.24. The maximum atomic E-state index is 14.1. The number of rotatable bonds is 9. The molecule has 0 bridgehead atoms. The van der Waals surface area contributed by atoms with Gasteiger partial charge < -0.3 is 14.3 Å². The lowest BCUT2D eigenvalue weighted by molar-refractivity contribution is -0.117.